The zero-order chi connectivity index (χ0) is 20.5. The molecule has 1 aliphatic heterocycles. The third kappa shape index (κ3) is 4.18. The lowest BCUT2D eigenvalue weighted by atomic mass is 10.0. The Morgan fingerprint density at radius 3 is 2.68 bits per heavy atom. The van der Waals surface area contributed by atoms with Crippen LogP contribution in [0.2, 0.25) is 0 Å². The van der Waals surface area contributed by atoms with Crippen molar-refractivity contribution in [2.24, 2.45) is 5.92 Å². The summed E-state index contributed by atoms with van der Waals surface area (Å²) in [4.78, 5) is 27.9. The van der Waals surface area contributed by atoms with E-state index in [0.717, 1.165) is 17.4 Å². The summed E-state index contributed by atoms with van der Waals surface area (Å²) in [6.45, 7) is 2.71. The van der Waals surface area contributed by atoms with Crippen molar-refractivity contribution in [3.8, 4) is 5.88 Å². The number of carbonyl (C=O) groups is 1. The van der Waals surface area contributed by atoms with Gasteiger partial charge in [-0.3, -0.25) is 9.36 Å². The molecule has 1 aromatic rings. The molecular formula is C18H25FN2O7. The molecular weight excluding hydrogens is 375 g/mol. The number of rotatable bonds is 8. The Labute approximate surface area is 161 Å². The lowest BCUT2D eigenvalue weighted by Gasteiger charge is -2.23. The van der Waals surface area contributed by atoms with Gasteiger partial charge in [0, 0.05) is 12.3 Å². The third-order valence-corrected chi connectivity index (χ3v) is 4.99. The molecule has 0 amide bonds. The van der Waals surface area contributed by atoms with Crippen LogP contribution < -0.4 is 10.4 Å². The second-order valence-corrected chi connectivity index (χ2v) is 7.12. The fraction of sp³-hybridized carbons (Fsp3) is 0.722. The summed E-state index contributed by atoms with van der Waals surface area (Å²) >= 11 is 0. The van der Waals surface area contributed by atoms with Gasteiger partial charge in [-0.2, -0.15) is 4.98 Å². The first-order chi connectivity index (χ1) is 13.3. The number of aliphatic hydroxyl groups excluding tert-OH is 2. The Hall–Kier alpha value is -2.04. The molecule has 0 radical (unpaired) electrons. The van der Waals surface area contributed by atoms with Gasteiger partial charge in [0.25, 0.3) is 5.85 Å². The van der Waals surface area contributed by atoms with E-state index in [1.165, 1.54) is 12.3 Å². The Morgan fingerprint density at radius 2 is 2.11 bits per heavy atom. The summed E-state index contributed by atoms with van der Waals surface area (Å²) in [5.41, 5.74) is -0.826. The van der Waals surface area contributed by atoms with Crippen molar-refractivity contribution in [3.63, 3.8) is 0 Å². The molecule has 2 N–H and O–H groups in total. The van der Waals surface area contributed by atoms with Gasteiger partial charge in [-0.25, -0.2) is 9.18 Å². The molecule has 156 valence electrons. The molecule has 4 atom stereocenters. The van der Waals surface area contributed by atoms with Crippen molar-refractivity contribution >= 4 is 5.97 Å². The number of hydrogen-bond donors (Lipinski definition) is 2. The monoisotopic (exact) mass is 400 g/mol. The molecule has 1 aromatic heterocycles. The van der Waals surface area contributed by atoms with Gasteiger partial charge in [0.05, 0.1) is 5.92 Å². The summed E-state index contributed by atoms with van der Waals surface area (Å²) in [7, 11) is 0. The minimum atomic E-state index is -2.85. The summed E-state index contributed by atoms with van der Waals surface area (Å²) < 4.78 is 31.4. The van der Waals surface area contributed by atoms with E-state index in [0.29, 0.717) is 12.8 Å². The first-order valence-electron chi connectivity index (χ1n) is 9.44. The number of aromatic nitrogens is 2. The minimum Gasteiger partial charge on any atom is -0.474 e. The van der Waals surface area contributed by atoms with Gasteiger partial charge in [-0.15, -0.1) is 0 Å². The lowest BCUT2D eigenvalue weighted by molar-refractivity contribution is -0.218. The summed E-state index contributed by atoms with van der Waals surface area (Å²) in [5.74, 6) is -3.73. The number of alkyl halides is 1. The van der Waals surface area contributed by atoms with Gasteiger partial charge >= 0.3 is 11.7 Å². The van der Waals surface area contributed by atoms with Gasteiger partial charge < -0.3 is 24.4 Å². The molecule has 0 unspecified atom stereocenters. The van der Waals surface area contributed by atoms with E-state index in [1.807, 2.05) is 0 Å². The van der Waals surface area contributed by atoms with Crippen molar-refractivity contribution in [2.75, 3.05) is 6.61 Å². The van der Waals surface area contributed by atoms with Crippen LogP contribution in [0.25, 0.3) is 0 Å². The fourth-order valence-corrected chi connectivity index (χ4v) is 3.01. The maximum Gasteiger partial charge on any atom is 0.353 e. The highest BCUT2D eigenvalue weighted by Crippen LogP contribution is 2.38. The predicted octanol–water partition coefficient (Wildman–Crippen LogP) is 0.680. The van der Waals surface area contributed by atoms with E-state index in [4.69, 9.17) is 14.2 Å². The van der Waals surface area contributed by atoms with Gasteiger partial charge in [0.2, 0.25) is 5.88 Å². The van der Waals surface area contributed by atoms with Gasteiger partial charge in [0.1, 0.15) is 18.3 Å². The Morgan fingerprint density at radius 1 is 1.43 bits per heavy atom. The number of nitrogens with zero attached hydrogens (tertiary/aromatic N) is 2. The van der Waals surface area contributed by atoms with Crippen molar-refractivity contribution in [2.45, 2.75) is 69.9 Å². The number of ether oxygens (including phenoxy) is 3. The Balaban J connectivity index is 1.70. The molecule has 2 fully saturated rings. The van der Waals surface area contributed by atoms with Crippen LogP contribution in [0.1, 0.15) is 45.8 Å². The van der Waals surface area contributed by atoms with Gasteiger partial charge in [-0.05, 0) is 25.7 Å². The maximum atomic E-state index is 15.0. The molecule has 0 aromatic carbocycles. The summed E-state index contributed by atoms with van der Waals surface area (Å²) in [5, 5.41) is 20.3. The van der Waals surface area contributed by atoms with Crippen molar-refractivity contribution in [1.29, 1.82) is 0 Å². The lowest BCUT2D eigenvalue weighted by Crippen LogP contribution is -2.44. The molecule has 2 aliphatic rings. The van der Waals surface area contributed by atoms with Gasteiger partial charge in [0.15, 0.2) is 12.8 Å². The van der Waals surface area contributed by atoms with E-state index >= 15 is 4.39 Å². The first kappa shape index (κ1) is 20.7. The van der Waals surface area contributed by atoms with E-state index in [-0.39, 0.29) is 12.0 Å². The molecule has 3 rings (SSSR count). The van der Waals surface area contributed by atoms with E-state index < -0.39 is 48.5 Å². The third-order valence-electron chi connectivity index (χ3n) is 4.99. The second-order valence-electron chi connectivity index (χ2n) is 7.12. The summed E-state index contributed by atoms with van der Waals surface area (Å²) in [6, 6.07) is 1.40. The number of aliphatic hydroxyl groups is 2. The molecule has 0 bridgehead atoms. The van der Waals surface area contributed by atoms with Crippen LogP contribution in [-0.4, -0.2) is 56.5 Å². The van der Waals surface area contributed by atoms with Crippen molar-refractivity contribution in [1.82, 2.24) is 9.55 Å². The van der Waals surface area contributed by atoms with Crippen LogP contribution in [-0.2, 0) is 14.3 Å². The molecule has 1 saturated carbocycles. The zero-order valence-electron chi connectivity index (χ0n) is 15.8. The number of halogens is 1. The molecule has 10 heteroatoms. The highest BCUT2D eigenvalue weighted by atomic mass is 19.2. The van der Waals surface area contributed by atoms with Crippen LogP contribution >= 0.6 is 0 Å². The molecule has 2 heterocycles. The van der Waals surface area contributed by atoms with Crippen LogP contribution in [0, 0.1) is 5.92 Å². The average molecular weight is 400 g/mol. The average Bonchev–Trinajstić information content (AvgIpc) is 3.45. The molecule has 9 nitrogen and oxygen atoms in total. The molecule has 1 aliphatic carbocycles. The highest BCUT2D eigenvalue weighted by molar-refractivity contribution is 5.72. The zero-order valence-corrected chi connectivity index (χ0v) is 15.8. The summed E-state index contributed by atoms with van der Waals surface area (Å²) in [6.07, 6.45) is -1.17. The maximum absolute atomic E-state index is 15.0. The number of esters is 1. The standard InChI is InChI=1S/C18H25FN2O7/c1-3-10(4-2)16(24)26-9-18(19)14(23)13(22)15(28-18)21-8-7-12(20-17(21)25)27-11-5-6-11/h7-8,10-11,13-15,22-23H,3-6,9H2,1-2H3/t13-,14+,15-,18-/m1/s1. The quantitative estimate of drug-likeness (QED) is 0.612. The van der Waals surface area contributed by atoms with Crippen LogP contribution in [0.5, 0.6) is 5.88 Å². The van der Waals surface area contributed by atoms with E-state index in [2.05, 4.69) is 4.98 Å². The largest absolute Gasteiger partial charge is 0.474 e. The minimum absolute atomic E-state index is 0.0427. The molecule has 0 spiro atoms. The SMILES string of the molecule is CCC(CC)C(=O)OC[C@@]1(F)O[C@@H](n2ccc(OC3CC3)nc2=O)[C@H](O)[C@@H]1O. The van der Waals surface area contributed by atoms with Gasteiger partial charge in [-0.1, -0.05) is 13.8 Å². The number of hydrogen-bond acceptors (Lipinski definition) is 8. The second kappa shape index (κ2) is 8.14. The first-order valence-corrected chi connectivity index (χ1v) is 9.44. The van der Waals surface area contributed by atoms with Crippen LogP contribution in [0.3, 0.4) is 0 Å². The van der Waals surface area contributed by atoms with Crippen LogP contribution in [0.15, 0.2) is 17.1 Å². The normalized spacial score (nSPS) is 29.9. The Kier molecular flexibility index (Phi) is 6.01. The van der Waals surface area contributed by atoms with E-state index in [1.54, 1.807) is 13.8 Å². The topological polar surface area (TPSA) is 120 Å². The van der Waals surface area contributed by atoms with E-state index in [9.17, 15) is 19.8 Å². The molecule has 28 heavy (non-hydrogen) atoms. The predicted molar refractivity (Wildman–Crippen MR) is 93.2 cm³/mol. The van der Waals surface area contributed by atoms with Crippen molar-refractivity contribution < 1.29 is 33.6 Å². The Bertz CT molecular complexity index is 765. The number of carbonyl (C=O) groups excluding carboxylic acids is 1. The fourth-order valence-electron chi connectivity index (χ4n) is 3.01. The molecule has 1 saturated heterocycles. The van der Waals surface area contributed by atoms with Crippen LogP contribution in [0.4, 0.5) is 4.39 Å². The highest BCUT2D eigenvalue weighted by Gasteiger charge is 2.57. The van der Waals surface area contributed by atoms with Crippen molar-refractivity contribution in [3.05, 3.63) is 22.7 Å². The smallest absolute Gasteiger partial charge is 0.353 e.